The third-order valence-electron chi connectivity index (χ3n) is 5.61. The number of amidine groups is 2. The van der Waals surface area contributed by atoms with Crippen molar-refractivity contribution in [3.8, 4) is 0 Å². The highest BCUT2D eigenvalue weighted by Crippen LogP contribution is 2.32. The van der Waals surface area contributed by atoms with Crippen molar-refractivity contribution < 1.29 is 3.89 Å². The Morgan fingerprint density at radius 2 is 2.00 bits per heavy atom. The van der Waals surface area contributed by atoms with Crippen LogP contribution in [0.15, 0.2) is 46.4 Å². The molecular weight excluding hydrogens is 391 g/mol. The van der Waals surface area contributed by atoms with E-state index in [0.29, 0.717) is 18.1 Å². The first kappa shape index (κ1) is 24.8. The number of hydrogen-bond acceptors (Lipinski definition) is 2. The van der Waals surface area contributed by atoms with Gasteiger partial charge in [0.2, 0.25) is 0 Å². The lowest BCUT2D eigenvalue weighted by atomic mass is 9.64. The van der Waals surface area contributed by atoms with Crippen LogP contribution in [-0.4, -0.2) is 49.9 Å². The SMILES string of the molecule is BC(B)(CC1CCN(C(/C=C\C)=N/C(CCCC)=N/c2ccccc2C)CC1)SF. The zero-order valence-electron chi connectivity index (χ0n) is 19.3. The maximum absolute atomic E-state index is 13.1. The third kappa shape index (κ3) is 7.98. The van der Waals surface area contributed by atoms with Crippen LogP contribution in [0.5, 0.6) is 0 Å². The second-order valence-corrected chi connectivity index (χ2v) is 10.1. The molecular formula is C23H36B2FN3S. The van der Waals surface area contributed by atoms with Crippen LogP contribution < -0.4 is 0 Å². The number of para-hydroxylation sites is 1. The van der Waals surface area contributed by atoms with E-state index in [-0.39, 0.29) is 4.55 Å². The minimum Gasteiger partial charge on any atom is -0.357 e. The zero-order valence-corrected chi connectivity index (χ0v) is 20.1. The molecule has 1 heterocycles. The largest absolute Gasteiger partial charge is 0.357 e. The highest BCUT2D eigenvalue weighted by Gasteiger charge is 2.28. The second kappa shape index (κ2) is 12.4. The number of likely N-dealkylation sites (tertiary alicyclic amines) is 1. The summed E-state index contributed by atoms with van der Waals surface area (Å²) in [5.74, 6) is 2.47. The van der Waals surface area contributed by atoms with E-state index in [1.54, 1.807) is 0 Å². The van der Waals surface area contributed by atoms with Crippen LogP contribution >= 0.6 is 12.1 Å². The number of rotatable bonds is 8. The fourth-order valence-electron chi connectivity index (χ4n) is 3.89. The standard InChI is InChI=1S/C23H36B2FN3S/c1-4-6-12-21(27-20-11-8-7-10-18(20)3)28-22(9-5-2)29-15-13-19(14-16-29)17-23(24,25)30-26/h5,7-11,19H,4,6,12-17,24-25H2,1-3H3/b9-5-,27-21+,28-22+. The van der Waals surface area contributed by atoms with Crippen molar-refractivity contribution in [1.82, 2.24) is 4.90 Å². The van der Waals surface area contributed by atoms with Crippen LogP contribution in [0, 0.1) is 12.8 Å². The van der Waals surface area contributed by atoms with Gasteiger partial charge in [-0.05, 0) is 67.7 Å². The monoisotopic (exact) mass is 427 g/mol. The minimum atomic E-state index is -0.291. The van der Waals surface area contributed by atoms with Gasteiger partial charge in [0.25, 0.3) is 0 Å². The van der Waals surface area contributed by atoms with Crippen LogP contribution in [0.25, 0.3) is 0 Å². The molecule has 162 valence electrons. The van der Waals surface area contributed by atoms with Gasteiger partial charge >= 0.3 is 0 Å². The Morgan fingerprint density at radius 1 is 1.30 bits per heavy atom. The molecule has 1 aliphatic heterocycles. The topological polar surface area (TPSA) is 28.0 Å². The smallest absolute Gasteiger partial charge is 0.131 e. The predicted octanol–water partition coefficient (Wildman–Crippen LogP) is 4.83. The molecule has 0 aliphatic carbocycles. The van der Waals surface area contributed by atoms with Crippen molar-refractivity contribution in [2.75, 3.05) is 13.1 Å². The number of nitrogens with zero attached hydrogens (tertiary/aromatic N) is 3. The van der Waals surface area contributed by atoms with Crippen LogP contribution in [0.3, 0.4) is 0 Å². The summed E-state index contributed by atoms with van der Waals surface area (Å²) in [6, 6.07) is 8.22. The van der Waals surface area contributed by atoms with Crippen molar-refractivity contribution in [3.63, 3.8) is 0 Å². The van der Waals surface area contributed by atoms with Gasteiger partial charge in [-0.25, -0.2) is 9.98 Å². The Hall–Kier alpha value is -1.49. The molecule has 0 atom stereocenters. The molecule has 0 spiro atoms. The molecule has 0 amide bonds. The van der Waals surface area contributed by atoms with Gasteiger partial charge in [-0.2, -0.15) is 3.89 Å². The molecule has 3 nitrogen and oxygen atoms in total. The summed E-state index contributed by atoms with van der Waals surface area (Å²) in [6.07, 6.45) is 10.3. The van der Waals surface area contributed by atoms with Crippen LogP contribution in [-0.2, 0) is 0 Å². The molecule has 1 aromatic rings. The van der Waals surface area contributed by atoms with Gasteiger partial charge in [-0.3, -0.25) is 0 Å². The number of hydrogen-bond donors (Lipinski definition) is 0. The van der Waals surface area contributed by atoms with Crippen LogP contribution in [0.1, 0.15) is 57.9 Å². The van der Waals surface area contributed by atoms with E-state index in [2.05, 4.69) is 43.0 Å². The molecule has 1 saturated heterocycles. The second-order valence-electron chi connectivity index (χ2n) is 8.86. The van der Waals surface area contributed by atoms with Crippen LogP contribution in [0.2, 0.25) is 0 Å². The highest BCUT2D eigenvalue weighted by molar-refractivity contribution is 7.98. The maximum Gasteiger partial charge on any atom is 0.131 e. The molecule has 30 heavy (non-hydrogen) atoms. The van der Waals surface area contributed by atoms with Gasteiger partial charge in [0.1, 0.15) is 27.4 Å². The van der Waals surface area contributed by atoms with Gasteiger partial charge < -0.3 is 4.90 Å². The highest BCUT2D eigenvalue weighted by atomic mass is 32.2. The van der Waals surface area contributed by atoms with Gasteiger partial charge in [-0.15, -0.1) is 0 Å². The van der Waals surface area contributed by atoms with Crippen LogP contribution in [0.4, 0.5) is 9.57 Å². The number of piperidine rings is 1. The molecule has 0 radical (unpaired) electrons. The molecule has 7 heteroatoms. The van der Waals surface area contributed by atoms with E-state index in [1.807, 2.05) is 34.7 Å². The van der Waals surface area contributed by atoms with Crippen molar-refractivity contribution in [2.24, 2.45) is 15.9 Å². The Kier molecular flexibility index (Phi) is 10.2. The maximum atomic E-state index is 13.1. The molecule has 0 N–H and O–H groups in total. The van der Waals surface area contributed by atoms with Crippen molar-refractivity contribution in [1.29, 1.82) is 0 Å². The number of halogens is 1. The molecule has 0 saturated carbocycles. The predicted molar refractivity (Wildman–Crippen MR) is 137 cm³/mol. The number of benzene rings is 1. The Morgan fingerprint density at radius 3 is 2.60 bits per heavy atom. The number of unbranched alkanes of at least 4 members (excludes halogenated alkanes) is 1. The normalized spacial score (nSPS) is 17.1. The third-order valence-corrected chi connectivity index (χ3v) is 6.19. The number of aliphatic imine (C=N–C) groups is 2. The lowest BCUT2D eigenvalue weighted by molar-refractivity contribution is 0.258. The quantitative estimate of drug-likeness (QED) is 0.338. The summed E-state index contributed by atoms with van der Waals surface area (Å²) in [7, 11) is 4.00. The Labute approximate surface area is 188 Å². The van der Waals surface area contributed by atoms with Gasteiger partial charge in [-0.1, -0.05) is 37.6 Å². The molecule has 2 rings (SSSR count). The van der Waals surface area contributed by atoms with E-state index < -0.39 is 0 Å². The Balaban J connectivity index is 2.18. The lowest BCUT2D eigenvalue weighted by Gasteiger charge is -2.36. The lowest BCUT2D eigenvalue weighted by Crippen LogP contribution is -2.40. The molecule has 0 aromatic heterocycles. The summed E-state index contributed by atoms with van der Waals surface area (Å²) in [5.41, 5.74) is 2.17. The number of allylic oxidation sites excluding steroid dienone is 1. The average molecular weight is 427 g/mol. The van der Waals surface area contributed by atoms with Gasteiger partial charge in [0.15, 0.2) is 0 Å². The van der Waals surface area contributed by atoms with E-state index in [4.69, 9.17) is 9.98 Å². The van der Waals surface area contributed by atoms with E-state index in [9.17, 15) is 3.89 Å². The first-order valence-electron chi connectivity index (χ1n) is 11.3. The average Bonchev–Trinajstić information content (AvgIpc) is 2.73. The zero-order chi connectivity index (χ0) is 22.0. The van der Waals surface area contributed by atoms with Crippen molar-refractivity contribution in [3.05, 3.63) is 42.0 Å². The molecule has 0 bridgehead atoms. The van der Waals surface area contributed by atoms with E-state index in [0.717, 1.165) is 69.0 Å². The molecule has 1 aliphatic rings. The molecule has 1 fully saturated rings. The van der Waals surface area contributed by atoms with Crippen molar-refractivity contribution >= 4 is 45.2 Å². The fourth-order valence-corrected chi connectivity index (χ4v) is 4.19. The number of aryl methyl sites for hydroxylation is 1. The van der Waals surface area contributed by atoms with Gasteiger partial charge in [0.05, 0.1) is 5.69 Å². The van der Waals surface area contributed by atoms with Gasteiger partial charge in [0, 0.05) is 31.7 Å². The van der Waals surface area contributed by atoms with E-state index >= 15 is 0 Å². The van der Waals surface area contributed by atoms with E-state index in [1.165, 1.54) is 5.56 Å². The fraction of sp³-hybridized carbons (Fsp3) is 0.565. The first-order chi connectivity index (χ1) is 14.4. The summed E-state index contributed by atoms with van der Waals surface area (Å²) in [5, 5.41) is 0. The minimum absolute atomic E-state index is 0.291. The summed E-state index contributed by atoms with van der Waals surface area (Å²) in [4.78, 5) is 12.3. The van der Waals surface area contributed by atoms with Crippen molar-refractivity contribution in [2.45, 2.75) is 63.8 Å². The first-order valence-corrected chi connectivity index (χ1v) is 12.0. The summed E-state index contributed by atoms with van der Waals surface area (Å²) < 4.78 is 12.9. The summed E-state index contributed by atoms with van der Waals surface area (Å²) >= 11 is 0.490. The summed E-state index contributed by atoms with van der Waals surface area (Å²) in [6.45, 7) is 8.25. The molecule has 0 unspecified atom stereocenters. The Bertz CT molecular complexity index is 757. The molecule has 1 aromatic carbocycles.